The van der Waals surface area contributed by atoms with Crippen molar-refractivity contribution in [1.82, 2.24) is 14.9 Å². The molecule has 0 fully saturated rings. The fraction of sp³-hybridized carbons (Fsp3) is 0.400. The van der Waals surface area contributed by atoms with Crippen molar-refractivity contribution in [2.75, 3.05) is 6.54 Å². The number of hydrogen-bond donors (Lipinski definition) is 2. The summed E-state index contributed by atoms with van der Waals surface area (Å²) in [5, 5.41) is 10.5. The molecular formula is C25H28F2N4O3. The fourth-order valence-electron chi connectivity index (χ4n) is 4.52. The second kappa shape index (κ2) is 9.13. The first-order valence-corrected chi connectivity index (χ1v) is 11.3. The molecule has 9 heteroatoms. The van der Waals surface area contributed by atoms with E-state index in [2.05, 4.69) is 15.0 Å². The zero-order valence-corrected chi connectivity index (χ0v) is 19.7. The van der Waals surface area contributed by atoms with Crippen molar-refractivity contribution in [2.24, 2.45) is 10.9 Å². The number of aliphatic imine (C=N–C) groups is 1. The molecule has 2 aliphatic rings. The van der Waals surface area contributed by atoms with E-state index in [4.69, 9.17) is 4.42 Å². The Morgan fingerprint density at radius 3 is 2.71 bits per heavy atom. The lowest BCUT2D eigenvalue weighted by atomic mass is 9.84. The third-order valence-electron chi connectivity index (χ3n) is 6.20. The van der Waals surface area contributed by atoms with Gasteiger partial charge in [-0.25, -0.2) is 13.8 Å². The van der Waals surface area contributed by atoms with Crippen molar-refractivity contribution < 1.29 is 23.1 Å². The average molecular weight is 471 g/mol. The Bertz CT molecular complexity index is 1250. The van der Waals surface area contributed by atoms with Crippen molar-refractivity contribution >= 4 is 22.6 Å². The van der Waals surface area contributed by atoms with Crippen LogP contribution in [0, 0.1) is 17.6 Å². The lowest BCUT2D eigenvalue weighted by Gasteiger charge is -2.30. The van der Waals surface area contributed by atoms with Gasteiger partial charge in [0.2, 0.25) is 0 Å². The number of carbonyl (C=O) groups is 1. The number of rotatable bonds is 3. The topological polar surface area (TPSA) is 94.7 Å². The Labute approximate surface area is 196 Å². The van der Waals surface area contributed by atoms with Crippen LogP contribution in [0.4, 0.5) is 8.78 Å². The lowest BCUT2D eigenvalue weighted by Crippen LogP contribution is -2.41. The first-order valence-electron chi connectivity index (χ1n) is 11.3. The molecule has 0 radical (unpaired) electrons. The van der Waals surface area contributed by atoms with Crippen molar-refractivity contribution in [1.29, 1.82) is 0 Å². The minimum absolute atomic E-state index is 0.0231. The monoisotopic (exact) mass is 470 g/mol. The predicted molar refractivity (Wildman–Crippen MR) is 124 cm³/mol. The Balaban J connectivity index is 0.000000207. The molecule has 1 unspecified atom stereocenters. The van der Waals surface area contributed by atoms with Crippen molar-refractivity contribution in [2.45, 2.75) is 52.7 Å². The summed E-state index contributed by atoms with van der Waals surface area (Å²) in [4.78, 5) is 26.8. The predicted octanol–water partition coefficient (Wildman–Crippen LogP) is 4.53. The van der Waals surface area contributed by atoms with Gasteiger partial charge in [-0.3, -0.25) is 9.79 Å². The van der Waals surface area contributed by atoms with Crippen LogP contribution in [0.15, 0.2) is 51.5 Å². The van der Waals surface area contributed by atoms with Crippen molar-refractivity contribution in [3.8, 4) is 0 Å². The third-order valence-corrected chi connectivity index (χ3v) is 6.20. The number of halogens is 2. The van der Waals surface area contributed by atoms with E-state index < -0.39 is 17.2 Å². The summed E-state index contributed by atoms with van der Waals surface area (Å²) in [5.41, 5.74) is 3.18. The summed E-state index contributed by atoms with van der Waals surface area (Å²) in [5.74, 6) is -1.08. The van der Waals surface area contributed by atoms with Crippen LogP contribution < -0.4 is 0 Å². The molecule has 7 nitrogen and oxygen atoms in total. The van der Waals surface area contributed by atoms with Crippen molar-refractivity contribution in [3.63, 3.8) is 0 Å². The van der Waals surface area contributed by atoms with Gasteiger partial charge in [0.15, 0.2) is 11.4 Å². The summed E-state index contributed by atoms with van der Waals surface area (Å²) in [6.07, 6.45) is 4.47. The average Bonchev–Trinajstić information content (AvgIpc) is 3.53. The Morgan fingerprint density at radius 1 is 1.29 bits per heavy atom. The van der Waals surface area contributed by atoms with Crippen LogP contribution in [0.3, 0.4) is 0 Å². The highest BCUT2D eigenvalue weighted by atomic mass is 19.1. The second-order valence-corrected chi connectivity index (χ2v) is 9.01. The maximum Gasteiger partial charge on any atom is 0.252 e. The second-order valence-electron chi connectivity index (χ2n) is 9.01. The number of carbonyl (C=O) groups excluding carboxylic acids is 1. The largest absolute Gasteiger partial charge is 0.461 e. The molecule has 180 valence electrons. The van der Waals surface area contributed by atoms with Gasteiger partial charge < -0.3 is 19.4 Å². The smallest absolute Gasteiger partial charge is 0.252 e. The summed E-state index contributed by atoms with van der Waals surface area (Å²) < 4.78 is 30.2. The number of furan rings is 1. The number of nitrogens with one attached hydrogen (secondary N) is 1. The van der Waals surface area contributed by atoms with Gasteiger partial charge in [-0.05, 0) is 45.4 Å². The molecule has 0 spiro atoms. The molecule has 1 amide bonds. The fourth-order valence-corrected chi connectivity index (χ4v) is 4.52. The molecule has 2 aromatic heterocycles. The van der Waals surface area contributed by atoms with Gasteiger partial charge in [0, 0.05) is 30.2 Å². The molecule has 2 N–H and O–H groups in total. The van der Waals surface area contributed by atoms with E-state index in [1.54, 1.807) is 20.2 Å². The van der Waals surface area contributed by atoms with Crippen LogP contribution in [-0.2, 0) is 17.8 Å². The zero-order chi connectivity index (χ0) is 24.6. The quantitative estimate of drug-likeness (QED) is 0.588. The maximum absolute atomic E-state index is 13.1. The zero-order valence-electron chi connectivity index (χ0n) is 19.7. The summed E-state index contributed by atoms with van der Waals surface area (Å²) in [6, 6.07) is 3.52. The lowest BCUT2D eigenvalue weighted by molar-refractivity contribution is -0.128. The van der Waals surface area contributed by atoms with Gasteiger partial charge in [0.25, 0.3) is 5.91 Å². The molecule has 1 atom stereocenters. The number of fused-ring (bicyclic) bond motifs is 2. The molecule has 2 aliphatic heterocycles. The molecule has 3 aromatic rings. The van der Waals surface area contributed by atoms with E-state index in [1.807, 2.05) is 18.7 Å². The molecule has 34 heavy (non-hydrogen) atoms. The number of benzene rings is 1. The number of amides is 1. The Kier molecular flexibility index (Phi) is 6.40. The molecule has 1 aromatic carbocycles. The van der Waals surface area contributed by atoms with Crippen LogP contribution in [0.2, 0.25) is 0 Å². The number of aliphatic hydroxyl groups is 1. The number of aromatic nitrogens is 2. The van der Waals surface area contributed by atoms with E-state index in [0.717, 1.165) is 47.6 Å². The van der Waals surface area contributed by atoms with E-state index >= 15 is 0 Å². The van der Waals surface area contributed by atoms with Gasteiger partial charge >= 0.3 is 0 Å². The highest BCUT2D eigenvalue weighted by Gasteiger charge is 2.40. The number of nitrogens with zero attached hydrogens (tertiary/aromatic N) is 3. The summed E-state index contributed by atoms with van der Waals surface area (Å²) in [7, 11) is 0. The normalized spacial score (nSPS) is 18.0. The van der Waals surface area contributed by atoms with Crippen LogP contribution in [-0.4, -0.2) is 43.7 Å². The van der Waals surface area contributed by atoms with Gasteiger partial charge in [-0.1, -0.05) is 6.92 Å². The molecule has 5 rings (SSSR count). The van der Waals surface area contributed by atoms with E-state index in [1.165, 1.54) is 12.3 Å². The number of imidazole rings is 1. The van der Waals surface area contributed by atoms with Gasteiger partial charge in [0.1, 0.15) is 5.82 Å². The minimum Gasteiger partial charge on any atom is -0.461 e. The highest BCUT2D eigenvalue weighted by Crippen LogP contribution is 2.35. The van der Waals surface area contributed by atoms with Crippen molar-refractivity contribution in [3.05, 3.63) is 65.1 Å². The number of allylic oxidation sites excluding steroid dienone is 1. The van der Waals surface area contributed by atoms with Crippen LogP contribution in [0.25, 0.3) is 11.0 Å². The van der Waals surface area contributed by atoms with E-state index in [-0.39, 0.29) is 22.8 Å². The van der Waals surface area contributed by atoms with E-state index in [9.17, 15) is 18.7 Å². The number of aromatic amines is 1. The van der Waals surface area contributed by atoms with Crippen LogP contribution in [0.1, 0.15) is 45.5 Å². The SMILES string of the molecule is CCC1C(C(C)(C)O)=NC(C)=C1C(=O)N1CCc2nc[nH]c2C1.Fc1ccc(F)c2occc12. The third kappa shape index (κ3) is 4.40. The summed E-state index contributed by atoms with van der Waals surface area (Å²) in [6.45, 7) is 8.57. The minimum atomic E-state index is -1.01. The molecule has 0 saturated heterocycles. The number of H-pyrrole nitrogens is 1. The maximum atomic E-state index is 13.1. The summed E-state index contributed by atoms with van der Waals surface area (Å²) >= 11 is 0. The standard InChI is InChI=1S/C17H24N4O2.C8H4F2O/c1-5-11-14(10(2)20-15(11)17(3,4)23)16(22)21-7-6-12-13(8-21)19-9-18-12;9-6-1-2-7(10)8-5(6)3-4-11-8/h9,11,23H,5-8H2,1-4H3,(H,18,19);1-4H. The molecular weight excluding hydrogens is 442 g/mol. The van der Waals surface area contributed by atoms with Gasteiger partial charge in [-0.15, -0.1) is 0 Å². The Hall–Kier alpha value is -3.33. The van der Waals surface area contributed by atoms with Crippen LogP contribution >= 0.6 is 0 Å². The molecule has 0 aliphatic carbocycles. The van der Waals surface area contributed by atoms with Gasteiger partial charge in [0.05, 0.1) is 47.2 Å². The first kappa shape index (κ1) is 23.8. The number of hydrogen-bond acceptors (Lipinski definition) is 5. The van der Waals surface area contributed by atoms with E-state index in [0.29, 0.717) is 18.8 Å². The Morgan fingerprint density at radius 2 is 2.03 bits per heavy atom. The molecule has 0 saturated carbocycles. The highest BCUT2D eigenvalue weighted by molar-refractivity contribution is 6.08. The molecule has 4 heterocycles. The van der Waals surface area contributed by atoms with Crippen LogP contribution in [0.5, 0.6) is 0 Å². The first-order chi connectivity index (χ1) is 16.1. The van der Waals surface area contributed by atoms with Gasteiger partial charge in [-0.2, -0.15) is 0 Å². The molecule has 0 bridgehead atoms.